The van der Waals surface area contributed by atoms with Gasteiger partial charge in [0.15, 0.2) is 5.79 Å². The Morgan fingerprint density at radius 2 is 1.64 bits per heavy atom. The molecule has 7 nitrogen and oxygen atoms in total. The van der Waals surface area contributed by atoms with Crippen LogP contribution in [0.25, 0.3) is 0 Å². The molecule has 0 N–H and O–H groups in total. The Labute approximate surface area is 145 Å². The zero-order valence-corrected chi connectivity index (χ0v) is 14.8. The highest BCUT2D eigenvalue weighted by Gasteiger charge is 3.27. The van der Waals surface area contributed by atoms with E-state index in [-0.39, 0.29) is 29.4 Å². The number of hydrogen-bond donors (Lipinski definition) is 0. The maximum absolute atomic E-state index is 13.1. The van der Waals surface area contributed by atoms with Crippen LogP contribution in [0.2, 0.25) is 0 Å². The summed E-state index contributed by atoms with van der Waals surface area (Å²) in [5.74, 6) is -1.71. The summed E-state index contributed by atoms with van der Waals surface area (Å²) in [6.07, 6.45) is 1.08. The number of methoxy groups -OCH3 is 2. The van der Waals surface area contributed by atoms with Gasteiger partial charge in [0, 0.05) is 12.3 Å². The minimum absolute atomic E-state index is 0.0826. The van der Waals surface area contributed by atoms with E-state index in [0.29, 0.717) is 26.1 Å². The van der Waals surface area contributed by atoms with Gasteiger partial charge in [-0.15, -0.1) is 0 Å². The largest absolute Gasteiger partial charge is 0.468 e. The zero-order chi connectivity index (χ0) is 17.7. The van der Waals surface area contributed by atoms with Crippen LogP contribution in [-0.4, -0.2) is 56.9 Å². The van der Waals surface area contributed by atoms with Gasteiger partial charge in [-0.1, -0.05) is 13.8 Å². The van der Waals surface area contributed by atoms with Crippen LogP contribution in [0.3, 0.4) is 0 Å². The molecule has 4 saturated carbocycles. The average molecular weight is 350 g/mol. The molecule has 3 spiro atoms. The summed E-state index contributed by atoms with van der Waals surface area (Å²) in [6, 6.07) is 0. The van der Waals surface area contributed by atoms with E-state index in [0.717, 1.165) is 0 Å². The second-order valence-electron chi connectivity index (χ2n) is 9.22. The van der Waals surface area contributed by atoms with E-state index in [2.05, 4.69) is 13.8 Å². The number of carbonyl (C=O) groups excluding carboxylic acids is 2. The van der Waals surface area contributed by atoms with Crippen LogP contribution < -0.4 is 0 Å². The van der Waals surface area contributed by atoms with Crippen LogP contribution in [0.4, 0.5) is 0 Å². The van der Waals surface area contributed by atoms with Crippen molar-refractivity contribution in [2.45, 2.75) is 44.2 Å². The molecule has 7 heteroatoms. The van der Waals surface area contributed by atoms with Gasteiger partial charge in [-0.2, -0.15) is 0 Å². The molecule has 3 saturated heterocycles. The van der Waals surface area contributed by atoms with E-state index < -0.39 is 27.6 Å². The first-order chi connectivity index (χ1) is 11.8. The summed E-state index contributed by atoms with van der Waals surface area (Å²) in [6.45, 7) is 5.27. The molecule has 6 unspecified atom stereocenters. The highest BCUT2D eigenvalue weighted by Crippen LogP contribution is 3.13. The van der Waals surface area contributed by atoms with Crippen LogP contribution >= 0.6 is 0 Å². The van der Waals surface area contributed by atoms with Gasteiger partial charge in [-0.05, 0) is 11.8 Å². The Kier molecular flexibility index (Phi) is 2.08. The minimum atomic E-state index is -1.04. The average Bonchev–Trinajstić information content (AvgIpc) is 2.97. The van der Waals surface area contributed by atoms with Crippen LogP contribution in [0.5, 0.6) is 0 Å². The Hall–Kier alpha value is -1.18. The second kappa shape index (κ2) is 3.49. The third kappa shape index (κ3) is 0.918. The molecule has 2 bridgehead atoms. The zero-order valence-electron chi connectivity index (χ0n) is 14.8. The van der Waals surface area contributed by atoms with Crippen LogP contribution in [0.15, 0.2) is 0 Å². The number of esters is 2. The molecule has 0 aromatic rings. The van der Waals surface area contributed by atoms with Gasteiger partial charge >= 0.3 is 11.9 Å². The quantitative estimate of drug-likeness (QED) is 0.677. The Balaban J connectivity index is 1.62. The SMILES string of the molecule is COC(=O)C12C3OC45CC(C)(C)CC6(OCCO6)C4(C31)C25C(=O)OC. The Morgan fingerprint density at radius 3 is 2.24 bits per heavy atom. The van der Waals surface area contributed by atoms with E-state index in [1.54, 1.807) is 0 Å². The van der Waals surface area contributed by atoms with Crippen molar-refractivity contribution in [1.82, 2.24) is 0 Å². The third-order valence-electron chi connectivity index (χ3n) is 8.13. The summed E-state index contributed by atoms with van der Waals surface area (Å²) >= 11 is 0. The lowest BCUT2D eigenvalue weighted by atomic mass is 9.58. The summed E-state index contributed by atoms with van der Waals surface area (Å²) in [4.78, 5) is 25.9. The lowest BCUT2D eigenvalue weighted by Gasteiger charge is -2.51. The molecular weight excluding hydrogens is 328 g/mol. The van der Waals surface area contributed by atoms with Crippen molar-refractivity contribution in [1.29, 1.82) is 0 Å². The van der Waals surface area contributed by atoms with Crippen molar-refractivity contribution < 1.29 is 33.3 Å². The number of ether oxygens (including phenoxy) is 5. The van der Waals surface area contributed by atoms with Crippen LogP contribution in [-0.2, 0) is 33.3 Å². The maximum atomic E-state index is 13.1. The van der Waals surface area contributed by atoms with Crippen LogP contribution in [0, 0.1) is 27.6 Å². The van der Waals surface area contributed by atoms with E-state index in [1.807, 2.05) is 0 Å². The van der Waals surface area contributed by atoms with Crippen molar-refractivity contribution in [3.05, 3.63) is 0 Å². The normalized spacial score (nSPS) is 56.5. The molecule has 25 heavy (non-hydrogen) atoms. The van der Waals surface area contributed by atoms with E-state index in [9.17, 15) is 9.59 Å². The molecule has 7 fully saturated rings. The molecule has 6 atom stereocenters. The summed E-state index contributed by atoms with van der Waals surface area (Å²) in [5, 5.41) is 0. The lowest BCUT2D eigenvalue weighted by molar-refractivity contribution is -0.281. The van der Waals surface area contributed by atoms with Crippen molar-refractivity contribution in [3.8, 4) is 0 Å². The molecule has 3 aliphatic heterocycles. The molecule has 7 aliphatic rings. The molecule has 0 aromatic heterocycles. The predicted octanol–water partition coefficient (Wildman–Crippen LogP) is 0.649. The van der Waals surface area contributed by atoms with Gasteiger partial charge in [-0.25, -0.2) is 0 Å². The van der Waals surface area contributed by atoms with E-state index in [1.165, 1.54) is 14.2 Å². The number of rotatable bonds is 2. The topological polar surface area (TPSA) is 80.3 Å². The van der Waals surface area contributed by atoms with Gasteiger partial charge < -0.3 is 23.7 Å². The Morgan fingerprint density at radius 1 is 1.00 bits per heavy atom. The molecule has 3 heterocycles. The molecule has 4 aliphatic carbocycles. The summed E-state index contributed by atoms with van der Waals surface area (Å²) in [7, 11) is 2.74. The van der Waals surface area contributed by atoms with Crippen molar-refractivity contribution in [2.24, 2.45) is 27.6 Å². The first-order valence-corrected chi connectivity index (χ1v) is 8.92. The fourth-order valence-corrected chi connectivity index (χ4v) is 8.27. The first kappa shape index (κ1) is 14.9. The lowest BCUT2D eigenvalue weighted by Crippen LogP contribution is -2.61. The van der Waals surface area contributed by atoms with Crippen molar-refractivity contribution >= 4 is 11.9 Å². The van der Waals surface area contributed by atoms with Gasteiger partial charge in [0.1, 0.15) is 10.8 Å². The fourth-order valence-electron chi connectivity index (χ4n) is 8.27. The predicted molar refractivity (Wildman–Crippen MR) is 80.1 cm³/mol. The Bertz CT molecular complexity index is 755. The van der Waals surface area contributed by atoms with Crippen LogP contribution in [0.1, 0.15) is 26.7 Å². The van der Waals surface area contributed by atoms with Crippen molar-refractivity contribution in [2.75, 3.05) is 27.4 Å². The maximum Gasteiger partial charge on any atom is 0.317 e. The first-order valence-electron chi connectivity index (χ1n) is 8.92. The monoisotopic (exact) mass is 350 g/mol. The van der Waals surface area contributed by atoms with Crippen molar-refractivity contribution in [3.63, 3.8) is 0 Å². The molecule has 136 valence electrons. The number of hydrogen-bond acceptors (Lipinski definition) is 7. The number of carbonyl (C=O) groups is 2. The molecule has 0 amide bonds. The highest BCUT2D eigenvalue weighted by atomic mass is 16.7. The molecule has 7 rings (SSSR count). The molecular formula is C18H22O7. The standard InChI is InChI=1S/C18H22O7/c1-13(2)7-14-17(15(8-13)23-5-6-24-15)9-10(25-14)16(9,11(19)21-3)18(14,17)12(20)22-4/h9-10H,5-8H2,1-4H3. The van der Waals surface area contributed by atoms with E-state index >= 15 is 0 Å². The molecule has 0 radical (unpaired) electrons. The van der Waals surface area contributed by atoms with Gasteiger partial charge in [0.05, 0.1) is 44.6 Å². The highest BCUT2D eigenvalue weighted by molar-refractivity contribution is 6.06. The second-order valence-corrected chi connectivity index (χ2v) is 9.22. The summed E-state index contributed by atoms with van der Waals surface area (Å²) in [5.41, 5.74) is -3.47. The van der Waals surface area contributed by atoms with E-state index in [4.69, 9.17) is 23.7 Å². The smallest absolute Gasteiger partial charge is 0.317 e. The van der Waals surface area contributed by atoms with Gasteiger partial charge in [0.2, 0.25) is 0 Å². The fraction of sp³-hybridized carbons (Fsp3) is 0.889. The minimum Gasteiger partial charge on any atom is -0.468 e. The van der Waals surface area contributed by atoms with Gasteiger partial charge in [-0.3, -0.25) is 9.59 Å². The molecule has 0 aromatic carbocycles. The van der Waals surface area contributed by atoms with Gasteiger partial charge in [0.25, 0.3) is 0 Å². The third-order valence-corrected chi connectivity index (χ3v) is 8.13. The summed E-state index contributed by atoms with van der Waals surface area (Å²) < 4.78 is 29.2.